The van der Waals surface area contributed by atoms with Crippen molar-refractivity contribution in [2.75, 3.05) is 0 Å². The van der Waals surface area contributed by atoms with Gasteiger partial charge in [0.15, 0.2) is 0 Å². The summed E-state index contributed by atoms with van der Waals surface area (Å²) in [5.74, 6) is 0. The van der Waals surface area contributed by atoms with Crippen LogP contribution in [-0.2, 0) is 6.54 Å². The van der Waals surface area contributed by atoms with Gasteiger partial charge in [-0.15, -0.1) is 16.7 Å². The molecule has 1 atom stereocenters. The average molecular weight is 267 g/mol. The molecular formula is C11H11ClN4O2. The number of non-ortho nitro benzene ring substituents is 1. The number of rotatable bonds is 4. The molecule has 6 nitrogen and oxygen atoms in total. The molecule has 0 amide bonds. The summed E-state index contributed by atoms with van der Waals surface area (Å²) in [7, 11) is 0. The van der Waals surface area contributed by atoms with Crippen LogP contribution in [-0.4, -0.2) is 19.9 Å². The molecule has 0 radical (unpaired) electrons. The summed E-state index contributed by atoms with van der Waals surface area (Å²) in [6.45, 7) is 2.33. The first-order valence-corrected chi connectivity index (χ1v) is 5.77. The van der Waals surface area contributed by atoms with Gasteiger partial charge in [-0.25, -0.2) is 4.68 Å². The van der Waals surface area contributed by atoms with Crippen molar-refractivity contribution in [2.45, 2.75) is 18.8 Å². The summed E-state index contributed by atoms with van der Waals surface area (Å²) < 4.78 is 1.65. The first-order valence-electron chi connectivity index (χ1n) is 5.33. The number of nitro benzene ring substituents is 1. The number of halogens is 1. The fourth-order valence-electron chi connectivity index (χ4n) is 1.48. The second kappa shape index (κ2) is 5.14. The van der Waals surface area contributed by atoms with Crippen molar-refractivity contribution in [1.29, 1.82) is 0 Å². The molecule has 18 heavy (non-hydrogen) atoms. The zero-order valence-electron chi connectivity index (χ0n) is 9.65. The summed E-state index contributed by atoms with van der Waals surface area (Å²) in [6, 6.07) is 6.34. The Morgan fingerprint density at radius 1 is 1.44 bits per heavy atom. The van der Waals surface area contributed by atoms with Gasteiger partial charge in [0.25, 0.3) is 5.69 Å². The van der Waals surface area contributed by atoms with Crippen molar-refractivity contribution in [3.05, 3.63) is 51.8 Å². The molecule has 0 spiro atoms. The number of hydrogen-bond acceptors (Lipinski definition) is 4. The van der Waals surface area contributed by atoms with Gasteiger partial charge in [-0.3, -0.25) is 10.1 Å². The lowest BCUT2D eigenvalue weighted by Gasteiger charge is -2.00. The molecule has 2 aromatic rings. The Bertz CT molecular complexity index is 550. The maximum Gasteiger partial charge on any atom is 0.269 e. The molecule has 1 aromatic heterocycles. The summed E-state index contributed by atoms with van der Waals surface area (Å²) in [5.41, 5.74) is 1.70. The molecule has 0 fully saturated rings. The summed E-state index contributed by atoms with van der Waals surface area (Å²) >= 11 is 5.88. The molecule has 0 saturated heterocycles. The maximum absolute atomic E-state index is 10.5. The Kier molecular flexibility index (Phi) is 3.57. The molecule has 0 bridgehead atoms. The van der Waals surface area contributed by atoms with Crippen molar-refractivity contribution in [1.82, 2.24) is 15.0 Å². The molecule has 0 aliphatic heterocycles. The van der Waals surface area contributed by atoms with Crippen molar-refractivity contribution in [3.63, 3.8) is 0 Å². The van der Waals surface area contributed by atoms with Crippen LogP contribution in [0.2, 0.25) is 0 Å². The predicted octanol–water partition coefficient (Wildman–Crippen LogP) is 2.53. The Morgan fingerprint density at radius 3 is 2.61 bits per heavy atom. The lowest BCUT2D eigenvalue weighted by atomic mass is 10.2. The van der Waals surface area contributed by atoms with Crippen molar-refractivity contribution in [3.8, 4) is 0 Å². The lowest BCUT2D eigenvalue weighted by Crippen LogP contribution is -2.00. The van der Waals surface area contributed by atoms with Gasteiger partial charge >= 0.3 is 0 Å². The van der Waals surface area contributed by atoms with E-state index in [4.69, 9.17) is 11.6 Å². The van der Waals surface area contributed by atoms with Gasteiger partial charge in [0.1, 0.15) is 5.69 Å². The molecule has 2 rings (SSSR count). The fourth-order valence-corrected chi connectivity index (χ4v) is 1.58. The molecule has 94 valence electrons. The zero-order valence-corrected chi connectivity index (χ0v) is 10.4. The van der Waals surface area contributed by atoms with E-state index in [1.165, 1.54) is 12.1 Å². The fraction of sp³-hybridized carbons (Fsp3) is 0.273. The van der Waals surface area contributed by atoms with Crippen LogP contribution in [0.5, 0.6) is 0 Å². The summed E-state index contributed by atoms with van der Waals surface area (Å²) in [6.07, 6.45) is 1.76. The number of aromatic nitrogens is 3. The largest absolute Gasteiger partial charge is 0.269 e. The highest BCUT2D eigenvalue weighted by Crippen LogP contribution is 2.16. The molecule has 0 saturated carbocycles. The van der Waals surface area contributed by atoms with Crippen LogP contribution in [0.4, 0.5) is 5.69 Å². The highest BCUT2D eigenvalue weighted by atomic mass is 35.5. The van der Waals surface area contributed by atoms with E-state index in [2.05, 4.69) is 10.3 Å². The van der Waals surface area contributed by atoms with Gasteiger partial charge in [-0.2, -0.15) is 0 Å². The third-order valence-electron chi connectivity index (χ3n) is 2.46. The van der Waals surface area contributed by atoms with E-state index in [0.29, 0.717) is 12.2 Å². The number of nitrogens with zero attached hydrogens (tertiary/aromatic N) is 4. The second-order valence-corrected chi connectivity index (χ2v) is 4.54. The Morgan fingerprint density at radius 2 is 2.11 bits per heavy atom. The highest BCUT2D eigenvalue weighted by molar-refractivity contribution is 6.20. The van der Waals surface area contributed by atoms with Gasteiger partial charge in [-0.1, -0.05) is 17.3 Å². The van der Waals surface area contributed by atoms with E-state index in [1.807, 2.05) is 6.92 Å². The Hall–Kier alpha value is -1.95. The summed E-state index contributed by atoms with van der Waals surface area (Å²) in [4.78, 5) is 10.1. The topological polar surface area (TPSA) is 73.8 Å². The quantitative estimate of drug-likeness (QED) is 0.484. The van der Waals surface area contributed by atoms with Gasteiger partial charge in [0.05, 0.1) is 23.0 Å². The van der Waals surface area contributed by atoms with Gasteiger partial charge in [0, 0.05) is 12.1 Å². The van der Waals surface area contributed by atoms with E-state index >= 15 is 0 Å². The van der Waals surface area contributed by atoms with Crippen LogP contribution in [0.3, 0.4) is 0 Å². The van der Waals surface area contributed by atoms with Crippen LogP contribution in [0.15, 0.2) is 30.5 Å². The normalized spacial score (nSPS) is 12.3. The van der Waals surface area contributed by atoms with Crippen LogP contribution < -0.4 is 0 Å². The van der Waals surface area contributed by atoms with Crippen LogP contribution >= 0.6 is 11.6 Å². The third kappa shape index (κ3) is 2.84. The van der Waals surface area contributed by atoms with Crippen LogP contribution in [0, 0.1) is 10.1 Å². The smallest absolute Gasteiger partial charge is 0.258 e. The van der Waals surface area contributed by atoms with E-state index in [9.17, 15) is 10.1 Å². The van der Waals surface area contributed by atoms with E-state index in [-0.39, 0.29) is 11.1 Å². The standard InChI is InChI=1S/C11H11ClN4O2/c1-8(12)11-7-15(14-13-11)6-9-2-4-10(5-3-9)16(17)18/h2-5,7-8H,6H2,1H3. The second-order valence-electron chi connectivity index (χ2n) is 3.88. The molecular weight excluding hydrogens is 256 g/mol. The van der Waals surface area contributed by atoms with Gasteiger partial charge in [-0.05, 0) is 12.5 Å². The number of nitro groups is 1. The van der Waals surface area contributed by atoms with E-state index in [1.54, 1.807) is 23.0 Å². The first-order chi connectivity index (χ1) is 8.56. The average Bonchev–Trinajstić information content (AvgIpc) is 2.78. The lowest BCUT2D eigenvalue weighted by molar-refractivity contribution is -0.384. The zero-order chi connectivity index (χ0) is 13.1. The highest BCUT2D eigenvalue weighted by Gasteiger charge is 2.08. The number of hydrogen-bond donors (Lipinski definition) is 0. The van der Waals surface area contributed by atoms with Crippen molar-refractivity contribution in [2.24, 2.45) is 0 Å². The molecule has 1 unspecified atom stereocenters. The third-order valence-corrected chi connectivity index (χ3v) is 2.68. The molecule has 0 N–H and O–H groups in total. The number of benzene rings is 1. The van der Waals surface area contributed by atoms with Crippen molar-refractivity contribution >= 4 is 17.3 Å². The van der Waals surface area contributed by atoms with Crippen LogP contribution in [0.25, 0.3) is 0 Å². The molecule has 0 aliphatic rings. The minimum Gasteiger partial charge on any atom is -0.258 e. The summed E-state index contributed by atoms with van der Waals surface area (Å²) in [5, 5.41) is 18.2. The Balaban J connectivity index is 2.10. The molecule has 1 heterocycles. The van der Waals surface area contributed by atoms with Crippen molar-refractivity contribution < 1.29 is 4.92 Å². The molecule has 1 aromatic carbocycles. The minimum atomic E-state index is -0.424. The predicted molar refractivity (Wildman–Crippen MR) is 66.5 cm³/mol. The minimum absolute atomic E-state index is 0.0763. The van der Waals surface area contributed by atoms with Crippen LogP contribution in [0.1, 0.15) is 23.6 Å². The Labute approximate surface area is 108 Å². The first kappa shape index (κ1) is 12.5. The van der Waals surface area contributed by atoms with E-state index in [0.717, 1.165) is 5.56 Å². The maximum atomic E-state index is 10.5. The SMILES string of the molecule is CC(Cl)c1cn(Cc2ccc([N+](=O)[O-])cc2)nn1. The van der Waals surface area contributed by atoms with Gasteiger partial charge in [0.2, 0.25) is 0 Å². The van der Waals surface area contributed by atoms with E-state index < -0.39 is 4.92 Å². The van der Waals surface area contributed by atoms with Gasteiger partial charge < -0.3 is 0 Å². The monoisotopic (exact) mass is 266 g/mol. The molecule has 0 aliphatic carbocycles. The molecule has 7 heteroatoms. The number of alkyl halides is 1.